The smallest absolute Gasteiger partial charge is 0.167 e. The molecule has 0 saturated heterocycles. The van der Waals surface area contributed by atoms with Crippen molar-refractivity contribution in [2.45, 2.75) is 38.1 Å². The first-order valence-corrected chi connectivity index (χ1v) is 6.81. The van der Waals surface area contributed by atoms with Crippen molar-refractivity contribution in [3.05, 3.63) is 29.6 Å². The van der Waals surface area contributed by atoms with Gasteiger partial charge in [-0.3, -0.25) is 4.79 Å². The molecule has 0 heterocycles. The fourth-order valence-corrected chi connectivity index (χ4v) is 2.55. The highest BCUT2D eigenvalue weighted by molar-refractivity contribution is 5.98. The number of Topliss-reactive ketones (excluding diaryl/α,β-unsaturated/α-hetero) is 1. The van der Waals surface area contributed by atoms with Crippen LogP contribution in [0.4, 0.5) is 4.39 Å². The van der Waals surface area contributed by atoms with Gasteiger partial charge in [0.2, 0.25) is 0 Å². The molecule has 0 amide bonds. The summed E-state index contributed by atoms with van der Waals surface area (Å²) in [6.45, 7) is 0.642. The first-order chi connectivity index (χ1) is 9.20. The van der Waals surface area contributed by atoms with Crippen LogP contribution >= 0.6 is 0 Å². The predicted octanol–water partition coefficient (Wildman–Crippen LogP) is 2.94. The fraction of sp³-hybridized carbons (Fsp3) is 0.533. The van der Waals surface area contributed by atoms with Crippen molar-refractivity contribution >= 4 is 5.78 Å². The molecule has 0 radical (unpaired) electrons. The summed E-state index contributed by atoms with van der Waals surface area (Å²) in [5, 5.41) is 3.38. The zero-order valence-electron chi connectivity index (χ0n) is 11.2. The molecule has 1 N–H and O–H groups in total. The molecule has 0 bridgehead atoms. The topological polar surface area (TPSA) is 38.3 Å². The monoisotopic (exact) mass is 265 g/mol. The number of rotatable bonds is 6. The minimum Gasteiger partial charge on any atom is -0.496 e. The maximum Gasteiger partial charge on any atom is 0.167 e. The van der Waals surface area contributed by atoms with E-state index in [4.69, 9.17) is 4.74 Å². The van der Waals surface area contributed by atoms with Gasteiger partial charge in [0.15, 0.2) is 5.78 Å². The number of hydrogen-bond acceptors (Lipinski definition) is 3. The van der Waals surface area contributed by atoms with Gasteiger partial charge in [-0.15, -0.1) is 0 Å². The van der Waals surface area contributed by atoms with Gasteiger partial charge in [0, 0.05) is 19.0 Å². The van der Waals surface area contributed by atoms with E-state index in [0.717, 1.165) is 0 Å². The quantitative estimate of drug-likeness (QED) is 0.804. The third kappa shape index (κ3) is 3.77. The molecule has 0 aromatic heterocycles. The van der Waals surface area contributed by atoms with Gasteiger partial charge in [-0.1, -0.05) is 12.8 Å². The van der Waals surface area contributed by atoms with Crippen molar-refractivity contribution in [2.75, 3.05) is 13.7 Å². The number of hydrogen-bond donors (Lipinski definition) is 1. The Balaban J connectivity index is 1.89. The lowest BCUT2D eigenvalue weighted by molar-refractivity contribution is 0.0978. The number of ketones is 1. The Kier molecular flexibility index (Phi) is 4.91. The summed E-state index contributed by atoms with van der Waals surface area (Å²) in [6.07, 6.45) is 5.29. The average molecular weight is 265 g/mol. The van der Waals surface area contributed by atoms with Gasteiger partial charge in [0.25, 0.3) is 0 Å². The van der Waals surface area contributed by atoms with Crippen LogP contribution in [0.1, 0.15) is 42.5 Å². The molecular formula is C15H20FNO2. The summed E-state index contributed by atoms with van der Waals surface area (Å²) in [4.78, 5) is 12.1. The molecule has 104 valence electrons. The van der Waals surface area contributed by atoms with Crippen LogP contribution in [-0.2, 0) is 0 Å². The fourth-order valence-electron chi connectivity index (χ4n) is 2.55. The molecule has 0 atom stereocenters. The van der Waals surface area contributed by atoms with E-state index in [-0.39, 0.29) is 5.78 Å². The van der Waals surface area contributed by atoms with Crippen LogP contribution in [0.5, 0.6) is 5.75 Å². The van der Waals surface area contributed by atoms with Gasteiger partial charge in [-0.05, 0) is 31.0 Å². The van der Waals surface area contributed by atoms with Crippen molar-refractivity contribution in [3.8, 4) is 5.75 Å². The van der Waals surface area contributed by atoms with E-state index in [1.54, 1.807) is 0 Å². The average Bonchev–Trinajstić information content (AvgIpc) is 2.91. The first kappa shape index (κ1) is 14.0. The summed E-state index contributed by atoms with van der Waals surface area (Å²) in [6, 6.07) is 4.58. The molecule has 1 aromatic carbocycles. The van der Waals surface area contributed by atoms with E-state index in [9.17, 15) is 9.18 Å². The van der Waals surface area contributed by atoms with Gasteiger partial charge in [0.1, 0.15) is 11.6 Å². The van der Waals surface area contributed by atoms with Gasteiger partial charge in [0.05, 0.1) is 12.7 Å². The van der Waals surface area contributed by atoms with E-state index in [1.807, 2.05) is 0 Å². The second-order valence-corrected chi connectivity index (χ2v) is 4.95. The Morgan fingerprint density at radius 3 is 2.84 bits per heavy atom. The molecule has 1 aromatic rings. The molecule has 0 unspecified atom stereocenters. The van der Waals surface area contributed by atoms with Crippen LogP contribution in [0.25, 0.3) is 0 Å². The van der Waals surface area contributed by atoms with E-state index in [0.29, 0.717) is 30.3 Å². The van der Waals surface area contributed by atoms with E-state index in [1.165, 1.54) is 51.0 Å². The molecule has 19 heavy (non-hydrogen) atoms. The van der Waals surface area contributed by atoms with Crippen molar-refractivity contribution in [1.29, 1.82) is 0 Å². The van der Waals surface area contributed by atoms with E-state index >= 15 is 0 Å². The zero-order valence-corrected chi connectivity index (χ0v) is 11.2. The second-order valence-electron chi connectivity index (χ2n) is 4.95. The Bertz CT molecular complexity index is 442. The normalized spacial score (nSPS) is 15.7. The molecule has 2 rings (SSSR count). The minimum absolute atomic E-state index is 0.0816. The van der Waals surface area contributed by atoms with Crippen molar-refractivity contribution in [3.63, 3.8) is 0 Å². The highest BCUT2D eigenvalue weighted by Crippen LogP contribution is 2.21. The maximum atomic E-state index is 13.2. The highest BCUT2D eigenvalue weighted by Gasteiger charge is 2.16. The molecule has 1 saturated carbocycles. The Hall–Kier alpha value is -1.42. The van der Waals surface area contributed by atoms with Crippen LogP contribution < -0.4 is 10.1 Å². The van der Waals surface area contributed by atoms with Crippen molar-refractivity contribution in [2.24, 2.45) is 0 Å². The lowest BCUT2D eigenvalue weighted by Crippen LogP contribution is -2.28. The molecular weight excluding hydrogens is 245 g/mol. The zero-order chi connectivity index (χ0) is 13.7. The Morgan fingerprint density at radius 1 is 1.42 bits per heavy atom. The summed E-state index contributed by atoms with van der Waals surface area (Å²) < 4.78 is 18.3. The Morgan fingerprint density at radius 2 is 2.16 bits per heavy atom. The van der Waals surface area contributed by atoms with Crippen molar-refractivity contribution in [1.82, 2.24) is 5.32 Å². The number of methoxy groups -OCH3 is 1. The van der Waals surface area contributed by atoms with Gasteiger partial charge in [-0.2, -0.15) is 0 Å². The van der Waals surface area contributed by atoms with Gasteiger partial charge < -0.3 is 10.1 Å². The van der Waals surface area contributed by atoms with Crippen molar-refractivity contribution < 1.29 is 13.9 Å². The first-order valence-electron chi connectivity index (χ1n) is 6.81. The SMILES string of the molecule is COc1ccc(F)cc1C(=O)CCNC1CCCC1. The standard InChI is InChI=1S/C15H20FNO2/c1-19-15-7-6-11(16)10-13(15)14(18)8-9-17-12-4-2-3-5-12/h6-7,10,12,17H,2-5,8-9H2,1H3. The third-order valence-corrected chi connectivity index (χ3v) is 3.60. The van der Waals surface area contributed by atoms with Crippen LogP contribution in [-0.4, -0.2) is 25.5 Å². The summed E-state index contributed by atoms with van der Waals surface area (Å²) >= 11 is 0. The number of carbonyl (C=O) groups excluding carboxylic acids is 1. The van der Waals surface area contributed by atoms with Crippen LogP contribution in [0.3, 0.4) is 0 Å². The lowest BCUT2D eigenvalue weighted by Gasteiger charge is -2.12. The number of benzene rings is 1. The molecule has 3 nitrogen and oxygen atoms in total. The third-order valence-electron chi connectivity index (χ3n) is 3.60. The van der Waals surface area contributed by atoms with E-state index < -0.39 is 5.82 Å². The summed E-state index contributed by atoms with van der Waals surface area (Å²) in [5.74, 6) is -0.0537. The highest BCUT2D eigenvalue weighted by atomic mass is 19.1. The molecule has 1 fully saturated rings. The maximum absolute atomic E-state index is 13.2. The van der Waals surface area contributed by atoms with Gasteiger partial charge in [-0.25, -0.2) is 4.39 Å². The lowest BCUT2D eigenvalue weighted by atomic mass is 10.1. The van der Waals surface area contributed by atoms with Crippen LogP contribution in [0.2, 0.25) is 0 Å². The number of ether oxygens (including phenoxy) is 1. The molecule has 0 spiro atoms. The Labute approximate surface area is 113 Å². The van der Waals surface area contributed by atoms with Crippen LogP contribution in [0.15, 0.2) is 18.2 Å². The second kappa shape index (κ2) is 6.66. The molecule has 1 aliphatic carbocycles. The summed E-state index contributed by atoms with van der Waals surface area (Å²) in [5.41, 5.74) is 0.329. The van der Waals surface area contributed by atoms with Gasteiger partial charge >= 0.3 is 0 Å². The predicted molar refractivity (Wildman–Crippen MR) is 72.2 cm³/mol. The van der Waals surface area contributed by atoms with Crippen LogP contribution in [0, 0.1) is 5.82 Å². The molecule has 1 aliphatic rings. The minimum atomic E-state index is -0.409. The number of nitrogens with one attached hydrogen (secondary N) is 1. The molecule has 0 aliphatic heterocycles. The van der Waals surface area contributed by atoms with E-state index in [2.05, 4.69) is 5.32 Å². The largest absolute Gasteiger partial charge is 0.496 e. The molecule has 4 heteroatoms. The number of halogens is 1. The summed E-state index contributed by atoms with van der Waals surface area (Å²) in [7, 11) is 1.49. The number of carbonyl (C=O) groups is 1.